The van der Waals surface area contributed by atoms with Gasteiger partial charge in [-0.25, -0.2) is 0 Å². The molecule has 2 atom stereocenters. The number of allylic oxidation sites excluding steroid dienone is 3. The average Bonchev–Trinajstić information content (AvgIpc) is 2.34. The Labute approximate surface area is 108 Å². The maximum absolute atomic E-state index is 11.8. The Morgan fingerprint density at radius 2 is 2.00 bits per heavy atom. The lowest BCUT2D eigenvalue weighted by atomic mass is 9.63. The summed E-state index contributed by atoms with van der Waals surface area (Å²) < 4.78 is 0. The predicted molar refractivity (Wildman–Crippen MR) is 70.1 cm³/mol. The fraction of sp³-hybridized carbons (Fsp3) is 0.667. The second kappa shape index (κ2) is 4.32. The van der Waals surface area contributed by atoms with E-state index in [1.54, 1.807) is 6.92 Å². The lowest BCUT2D eigenvalue weighted by Gasteiger charge is -2.41. The van der Waals surface area contributed by atoms with Crippen LogP contribution in [0.1, 0.15) is 46.5 Å². The summed E-state index contributed by atoms with van der Waals surface area (Å²) in [5, 5.41) is 19.4. The highest BCUT2D eigenvalue weighted by Crippen LogP contribution is 2.48. The Morgan fingerprint density at radius 3 is 2.61 bits per heavy atom. The van der Waals surface area contributed by atoms with Gasteiger partial charge in [-0.2, -0.15) is 0 Å². The van der Waals surface area contributed by atoms with Crippen LogP contribution >= 0.6 is 0 Å². The molecule has 0 amide bonds. The molecule has 0 saturated carbocycles. The average molecular weight is 250 g/mol. The lowest BCUT2D eigenvalue weighted by Crippen LogP contribution is -2.37. The Hall–Kier alpha value is -0.930. The number of ketones is 1. The minimum Gasteiger partial charge on any atom is -0.393 e. The molecule has 0 aromatic rings. The number of Topliss-reactive ketones (excluding diaryl/α,β-unsaturated/α-hetero) is 1. The maximum Gasteiger partial charge on any atom is 0.158 e. The molecule has 3 heteroatoms. The number of carbonyl (C=O) groups excluding carboxylic acids is 1. The van der Waals surface area contributed by atoms with E-state index in [9.17, 15) is 15.0 Å². The van der Waals surface area contributed by atoms with Gasteiger partial charge in [-0.3, -0.25) is 4.79 Å². The largest absolute Gasteiger partial charge is 0.393 e. The summed E-state index contributed by atoms with van der Waals surface area (Å²) in [7, 11) is 0. The molecule has 0 aromatic carbocycles. The van der Waals surface area contributed by atoms with Crippen molar-refractivity contribution in [1.29, 1.82) is 0 Å². The number of hydrogen-bond acceptors (Lipinski definition) is 3. The zero-order valence-electron chi connectivity index (χ0n) is 11.4. The van der Waals surface area contributed by atoms with Crippen LogP contribution in [0.15, 0.2) is 22.8 Å². The highest BCUT2D eigenvalue weighted by atomic mass is 16.3. The molecule has 0 unspecified atom stereocenters. The number of aliphatic hydroxyl groups is 2. The SMILES string of the molecule is CC1=C2C=C([C@@](C)(O)CO)CC[C@]2(C)CCC1=O. The van der Waals surface area contributed by atoms with Crippen LogP contribution in [-0.2, 0) is 4.79 Å². The summed E-state index contributed by atoms with van der Waals surface area (Å²) >= 11 is 0. The molecular weight excluding hydrogens is 228 g/mol. The molecule has 0 saturated heterocycles. The van der Waals surface area contributed by atoms with Gasteiger partial charge in [-0.1, -0.05) is 13.0 Å². The van der Waals surface area contributed by atoms with Gasteiger partial charge >= 0.3 is 0 Å². The summed E-state index contributed by atoms with van der Waals surface area (Å²) in [5.41, 5.74) is 1.62. The number of fused-ring (bicyclic) bond motifs is 1. The topological polar surface area (TPSA) is 57.5 Å². The van der Waals surface area contributed by atoms with E-state index in [0.29, 0.717) is 6.42 Å². The third kappa shape index (κ3) is 2.06. The zero-order chi connectivity index (χ0) is 13.6. The molecule has 2 aliphatic carbocycles. The Balaban J connectivity index is 2.48. The van der Waals surface area contributed by atoms with E-state index in [4.69, 9.17) is 0 Å². The Kier molecular flexibility index (Phi) is 3.24. The van der Waals surface area contributed by atoms with Gasteiger partial charge in [0.2, 0.25) is 0 Å². The molecule has 0 aromatic heterocycles. The second-order valence-corrected chi connectivity index (χ2v) is 6.12. The van der Waals surface area contributed by atoms with E-state index in [-0.39, 0.29) is 17.8 Å². The molecule has 100 valence electrons. The van der Waals surface area contributed by atoms with Gasteiger partial charge in [-0.15, -0.1) is 0 Å². The predicted octanol–water partition coefficient (Wildman–Crippen LogP) is 2.14. The summed E-state index contributed by atoms with van der Waals surface area (Å²) in [5.74, 6) is 0.212. The van der Waals surface area contributed by atoms with Gasteiger partial charge < -0.3 is 10.2 Å². The van der Waals surface area contributed by atoms with Crippen LogP contribution in [0, 0.1) is 5.41 Å². The van der Waals surface area contributed by atoms with Crippen molar-refractivity contribution in [1.82, 2.24) is 0 Å². The summed E-state index contributed by atoms with van der Waals surface area (Å²) in [6, 6.07) is 0. The Bertz CT molecular complexity index is 443. The molecule has 0 radical (unpaired) electrons. The van der Waals surface area contributed by atoms with E-state index >= 15 is 0 Å². The first kappa shape index (κ1) is 13.5. The number of aliphatic hydroxyl groups excluding tert-OH is 1. The van der Waals surface area contributed by atoms with Gasteiger partial charge in [0.15, 0.2) is 5.78 Å². The first-order valence-corrected chi connectivity index (χ1v) is 6.59. The van der Waals surface area contributed by atoms with Crippen LogP contribution in [0.25, 0.3) is 0 Å². The van der Waals surface area contributed by atoms with Crippen LogP contribution in [0.4, 0.5) is 0 Å². The summed E-state index contributed by atoms with van der Waals surface area (Å²) in [6.45, 7) is 5.42. The van der Waals surface area contributed by atoms with Gasteiger partial charge in [0.1, 0.15) is 5.60 Å². The van der Waals surface area contributed by atoms with Crippen molar-refractivity contribution < 1.29 is 15.0 Å². The lowest BCUT2D eigenvalue weighted by molar-refractivity contribution is -0.116. The van der Waals surface area contributed by atoms with Gasteiger partial charge in [-0.05, 0) is 55.2 Å². The standard InChI is InChI=1S/C15H22O3/c1-10-12-8-11(15(3,18)9-16)4-6-14(12,2)7-5-13(10)17/h8,16,18H,4-7,9H2,1-3H3/t14-,15+/m1/s1. The van der Waals surface area contributed by atoms with Crippen molar-refractivity contribution in [3.8, 4) is 0 Å². The van der Waals surface area contributed by atoms with Crippen LogP contribution in [0.5, 0.6) is 0 Å². The summed E-state index contributed by atoms with van der Waals surface area (Å²) in [6.07, 6.45) is 5.20. The molecule has 0 aliphatic heterocycles. The molecule has 0 bridgehead atoms. The molecule has 0 spiro atoms. The van der Waals surface area contributed by atoms with Crippen molar-refractivity contribution in [3.05, 3.63) is 22.8 Å². The molecule has 2 aliphatic rings. The molecule has 0 fully saturated rings. The number of hydrogen-bond donors (Lipinski definition) is 2. The number of carbonyl (C=O) groups is 1. The van der Waals surface area contributed by atoms with Gasteiger partial charge in [0, 0.05) is 6.42 Å². The zero-order valence-corrected chi connectivity index (χ0v) is 11.4. The highest BCUT2D eigenvalue weighted by molar-refractivity contribution is 5.97. The van der Waals surface area contributed by atoms with E-state index in [1.165, 1.54) is 0 Å². The first-order chi connectivity index (χ1) is 8.30. The van der Waals surface area contributed by atoms with Gasteiger partial charge in [0.05, 0.1) is 6.61 Å². The molecular formula is C15H22O3. The second-order valence-electron chi connectivity index (χ2n) is 6.12. The van der Waals surface area contributed by atoms with Crippen molar-refractivity contribution in [2.45, 2.75) is 52.1 Å². The van der Waals surface area contributed by atoms with Crippen LogP contribution in [0.3, 0.4) is 0 Å². The molecule has 2 N–H and O–H groups in total. The van der Waals surface area contributed by atoms with E-state index in [2.05, 4.69) is 6.92 Å². The fourth-order valence-corrected chi connectivity index (χ4v) is 3.04. The van der Waals surface area contributed by atoms with E-state index < -0.39 is 5.60 Å². The molecule has 3 nitrogen and oxygen atoms in total. The third-order valence-electron chi connectivity index (χ3n) is 4.64. The van der Waals surface area contributed by atoms with Crippen LogP contribution < -0.4 is 0 Å². The van der Waals surface area contributed by atoms with E-state index in [0.717, 1.165) is 36.0 Å². The minimum absolute atomic E-state index is 0.0625. The maximum atomic E-state index is 11.8. The van der Waals surface area contributed by atoms with Crippen LogP contribution in [0.2, 0.25) is 0 Å². The monoisotopic (exact) mass is 250 g/mol. The van der Waals surface area contributed by atoms with Crippen molar-refractivity contribution >= 4 is 5.78 Å². The van der Waals surface area contributed by atoms with Crippen molar-refractivity contribution in [3.63, 3.8) is 0 Å². The van der Waals surface area contributed by atoms with E-state index in [1.807, 2.05) is 13.0 Å². The molecule has 2 rings (SSSR count). The molecule has 0 heterocycles. The molecule has 18 heavy (non-hydrogen) atoms. The normalized spacial score (nSPS) is 31.8. The van der Waals surface area contributed by atoms with Crippen molar-refractivity contribution in [2.75, 3.05) is 6.61 Å². The Morgan fingerprint density at radius 1 is 1.39 bits per heavy atom. The number of rotatable bonds is 2. The first-order valence-electron chi connectivity index (χ1n) is 6.59. The smallest absolute Gasteiger partial charge is 0.158 e. The highest BCUT2D eigenvalue weighted by Gasteiger charge is 2.40. The minimum atomic E-state index is -1.17. The third-order valence-corrected chi connectivity index (χ3v) is 4.64. The quantitative estimate of drug-likeness (QED) is 0.789. The van der Waals surface area contributed by atoms with Crippen LogP contribution in [-0.4, -0.2) is 28.2 Å². The van der Waals surface area contributed by atoms with Gasteiger partial charge in [0.25, 0.3) is 0 Å². The summed E-state index contributed by atoms with van der Waals surface area (Å²) in [4.78, 5) is 11.8. The fourth-order valence-electron chi connectivity index (χ4n) is 3.04. The van der Waals surface area contributed by atoms with Crippen molar-refractivity contribution in [2.24, 2.45) is 5.41 Å².